The SMILES string of the molecule is O=C(Cn1cccn1)N1C[C@@H](O)C[C@@H]1c1cc(F)ccc1F. The summed E-state index contributed by atoms with van der Waals surface area (Å²) < 4.78 is 28.8. The number of hydrogen-bond donors (Lipinski definition) is 1. The van der Waals surface area contributed by atoms with Crippen LogP contribution in [-0.4, -0.2) is 38.3 Å². The van der Waals surface area contributed by atoms with E-state index in [9.17, 15) is 18.7 Å². The first-order valence-corrected chi connectivity index (χ1v) is 6.94. The molecule has 1 amide bonds. The predicted molar refractivity (Wildman–Crippen MR) is 73.7 cm³/mol. The van der Waals surface area contributed by atoms with Crippen LogP contribution in [0.4, 0.5) is 8.78 Å². The van der Waals surface area contributed by atoms with Crippen molar-refractivity contribution in [1.29, 1.82) is 0 Å². The molecular weight excluding hydrogens is 292 g/mol. The van der Waals surface area contributed by atoms with Gasteiger partial charge in [-0.15, -0.1) is 0 Å². The maximum absolute atomic E-state index is 14.0. The molecule has 7 heteroatoms. The lowest BCUT2D eigenvalue weighted by atomic mass is 10.0. The lowest BCUT2D eigenvalue weighted by Gasteiger charge is -2.25. The average Bonchev–Trinajstić information content (AvgIpc) is 3.11. The smallest absolute Gasteiger partial charge is 0.244 e. The minimum atomic E-state index is -0.755. The topological polar surface area (TPSA) is 58.4 Å². The van der Waals surface area contributed by atoms with E-state index in [1.165, 1.54) is 9.58 Å². The number of carbonyl (C=O) groups is 1. The van der Waals surface area contributed by atoms with Gasteiger partial charge in [0.05, 0.1) is 12.1 Å². The van der Waals surface area contributed by atoms with Crippen molar-refractivity contribution in [2.45, 2.75) is 25.1 Å². The summed E-state index contributed by atoms with van der Waals surface area (Å²) in [5, 5.41) is 13.8. The van der Waals surface area contributed by atoms with Crippen LogP contribution < -0.4 is 0 Å². The molecule has 1 saturated heterocycles. The van der Waals surface area contributed by atoms with Gasteiger partial charge in [0.25, 0.3) is 0 Å². The lowest BCUT2D eigenvalue weighted by molar-refractivity contribution is -0.133. The Morgan fingerprint density at radius 2 is 2.23 bits per heavy atom. The first-order chi connectivity index (χ1) is 10.5. The van der Waals surface area contributed by atoms with E-state index in [0.717, 1.165) is 18.2 Å². The number of amides is 1. The van der Waals surface area contributed by atoms with Crippen LogP contribution in [0.15, 0.2) is 36.7 Å². The standard InChI is InChI=1S/C15H15F2N3O2/c16-10-2-3-13(17)12(6-10)14-7-11(21)8-20(14)15(22)9-19-5-1-4-18-19/h1-6,11,14,21H,7-9H2/t11-,14+/m0/s1. The Kier molecular flexibility index (Phi) is 3.89. The fourth-order valence-corrected chi connectivity index (χ4v) is 2.78. The number of likely N-dealkylation sites (tertiary alicyclic amines) is 1. The highest BCUT2D eigenvalue weighted by Gasteiger charge is 2.36. The molecule has 1 N–H and O–H groups in total. The zero-order chi connectivity index (χ0) is 15.7. The Labute approximate surface area is 125 Å². The van der Waals surface area contributed by atoms with E-state index in [-0.39, 0.29) is 31.0 Å². The van der Waals surface area contributed by atoms with Gasteiger partial charge in [-0.25, -0.2) is 8.78 Å². The molecule has 0 radical (unpaired) electrons. The van der Waals surface area contributed by atoms with E-state index in [2.05, 4.69) is 5.10 Å². The number of β-amino-alcohol motifs (C(OH)–C–C–N with tert-alkyl or cyclic N) is 1. The van der Waals surface area contributed by atoms with Gasteiger partial charge in [-0.1, -0.05) is 0 Å². The van der Waals surface area contributed by atoms with Crippen molar-refractivity contribution in [1.82, 2.24) is 14.7 Å². The van der Waals surface area contributed by atoms with Crippen LogP contribution in [0.1, 0.15) is 18.0 Å². The van der Waals surface area contributed by atoms with Gasteiger partial charge in [-0.2, -0.15) is 5.10 Å². The van der Waals surface area contributed by atoms with Crippen molar-refractivity contribution in [2.75, 3.05) is 6.54 Å². The monoisotopic (exact) mass is 307 g/mol. The highest BCUT2D eigenvalue weighted by atomic mass is 19.1. The van der Waals surface area contributed by atoms with Crippen molar-refractivity contribution in [3.63, 3.8) is 0 Å². The summed E-state index contributed by atoms with van der Waals surface area (Å²) >= 11 is 0. The zero-order valence-electron chi connectivity index (χ0n) is 11.7. The molecule has 1 aliphatic rings. The van der Waals surface area contributed by atoms with Gasteiger partial charge in [0.2, 0.25) is 5.91 Å². The largest absolute Gasteiger partial charge is 0.391 e. The Bertz CT molecular complexity index is 675. The number of hydrogen-bond acceptors (Lipinski definition) is 3. The average molecular weight is 307 g/mol. The molecular formula is C15H15F2N3O2. The van der Waals surface area contributed by atoms with Gasteiger partial charge in [0, 0.05) is 24.5 Å². The minimum Gasteiger partial charge on any atom is -0.391 e. The number of halogens is 2. The van der Waals surface area contributed by atoms with E-state index in [1.54, 1.807) is 18.5 Å². The Morgan fingerprint density at radius 3 is 2.95 bits per heavy atom. The number of carbonyl (C=O) groups excluding carboxylic acids is 1. The molecule has 1 aliphatic heterocycles. The highest BCUT2D eigenvalue weighted by Crippen LogP contribution is 2.34. The van der Waals surface area contributed by atoms with Crippen LogP contribution in [0, 0.1) is 11.6 Å². The second kappa shape index (κ2) is 5.84. The van der Waals surface area contributed by atoms with Gasteiger partial charge in [-0.05, 0) is 30.7 Å². The van der Waals surface area contributed by atoms with Crippen molar-refractivity contribution in [3.8, 4) is 0 Å². The first kappa shape index (κ1) is 14.6. The molecule has 5 nitrogen and oxygen atoms in total. The number of aliphatic hydroxyl groups excluding tert-OH is 1. The molecule has 22 heavy (non-hydrogen) atoms. The summed E-state index contributed by atoms with van der Waals surface area (Å²) in [6.07, 6.45) is 2.62. The number of aromatic nitrogens is 2. The third-order valence-corrected chi connectivity index (χ3v) is 3.77. The molecule has 0 unspecified atom stereocenters. The summed E-state index contributed by atoms with van der Waals surface area (Å²) in [5.74, 6) is -1.46. The molecule has 1 fully saturated rings. The summed E-state index contributed by atoms with van der Waals surface area (Å²) in [7, 11) is 0. The second-order valence-corrected chi connectivity index (χ2v) is 5.32. The molecule has 2 aromatic rings. The van der Waals surface area contributed by atoms with Crippen LogP contribution in [0.25, 0.3) is 0 Å². The minimum absolute atomic E-state index is 0.00679. The third-order valence-electron chi connectivity index (χ3n) is 3.77. The van der Waals surface area contributed by atoms with Crippen molar-refractivity contribution >= 4 is 5.91 Å². The predicted octanol–water partition coefficient (Wildman–Crippen LogP) is 1.50. The first-order valence-electron chi connectivity index (χ1n) is 6.94. The highest BCUT2D eigenvalue weighted by molar-refractivity contribution is 5.77. The summed E-state index contributed by atoms with van der Waals surface area (Å²) in [4.78, 5) is 13.8. The Morgan fingerprint density at radius 1 is 1.41 bits per heavy atom. The molecule has 1 aromatic heterocycles. The summed E-state index contributed by atoms with van der Waals surface area (Å²) in [6, 6.07) is 4.15. The quantitative estimate of drug-likeness (QED) is 0.935. The van der Waals surface area contributed by atoms with Gasteiger partial charge in [-0.3, -0.25) is 9.48 Å². The van der Waals surface area contributed by atoms with Crippen molar-refractivity contribution in [2.24, 2.45) is 0 Å². The van der Waals surface area contributed by atoms with Crippen LogP contribution in [0.5, 0.6) is 0 Å². The number of nitrogens with zero attached hydrogens (tertiary/aromatic N) is 3. The molecule has 1 aromatic carbocycles. The van der Waals surface area contributed by atoms with E-state index >= 15 is 0 Å². The van der Waals surface area contributed by atoms with E-state index in [1.807, 2.05) is 0 Å². The van der Waals surface area contributed by atoms with Gasteiger partial charge >= 0.3 is 0 Å². The molecule has 0 spiro atoms. The van der Waals surface area contributed by atoms with Gasteiger partial charge in [0.15, 0.2) is 0 Å². The van der Waals surface area contributed by atoms with Crippen LogP contribution in [0.2, 0.25) is 0 Å². The van der Waals surface area contributed by atoms with Crippen LogP contribution in [0.3, 0.4) is 0 Å². The molecule has 0 bridgehead atoms. The zero-order valence-corrected chi connectivity index (χ0v) is 11.7. The number of rotatable bonds is 3. The van der Waals surface area contributed by atoms with Crippen LogP contribution >= 0.6 is 0 Å². The molecule has 3 rings (SSSR count). The fourth-order valence-electron chi connectivity index (χ4n) is 2.78. The lowest BCUT2D eigenvalue weighted by Crippen LogP contribution is -2.34. The normalized spacial score (nSPS) is 21.3. The number of benzene rings is 1. The molecule has 0 saturated carbocycles. The van der Waals surface area contributed by atoms with E-state index in [4.69, 9.17) is 0 Å². The third kappa shape index (κ3) is 2.85. The molecule has 2 heterocycles. The van der Waals surface area contributed by atoms with Gasteiger partial charge < -0.3 is 10.0 Å². The van der Waals surface area contributed by atoms with Crippen LogP contribution in [-0.2, 0) is 11.3 Å². The molecule has 116 valence electrons. The van der Waals surface area contributed by atoms with E-state index < -0.39 is 23.8 Å². The summed E-state index contributed by atoms with van der Waals surface area (Å²) in [5.41, 5.74) is 0.0883. The van der Waals surface area contributed by atoms with Crippen molar-refractivity contribution < 1.29 is 18.7 Å². The Balaban J connectivity index is 1.85. The molecule has 0 aliphatic carbocycles. The molecule has 2 atom stereocenters. The number of aliphatic hydroxyl groups is 1. The summed E-state index contributed by atoms with van der Waals surface area (Å²) in [6.45, 7) is 0.0911. The maximum atomic E-state index is 14.0. The van der Waals surface area contributed by atoms with Gasteiger partial charge in [0.1, 0.15) is 18.2 Å². The second-order valence-electron chi connectivity index (χ2n) is 5.32. The van der Waals surface area contributed by atoms with E-state index in [0.29, 0.717) is 0 Å². The van der Waals surface area contributed by atoms with Crippen molar-refractivity contribution in [3.05, 3.63) is 53.9 Å². The Hall–Kier alpha value is -2.28. The fraction of sp³-hybridized carbons (Fsp3) is 0.333. The maximum Gasteiger partial charge on any atom is 0.244 e.